The van der Waals surface area contributed by atoms with Gasteiger partial charge in [0.2, 0.25) is 5.91 Å². The summed E-state index contributed by atoms with van der Waals surface area (Å²) in [4.78, 5) is 12.1. The average Bonchev–Trinajstić information content (AvgIpc) is 2.97. The molecule has 2 aromatic rings. The summed E-state index contributed by atoms with van der Waals surface area (Å²) >= 11 is 0. The van der Waals surface area contributed by atoms with E-state index in [4.69, 9.17) is 15.0 Å². The lowest BCUT2D eigenvalue weighted by Crippen LogP contribution is -2.49. The van der Waals surface area contributed by atoms with E-state index in [1.807, 2.05) is 52.0 Å². The van der Waals surface area contributed by atoms with E-state index in [9.17, 15) is 4.79 Å². The molecule has 0 aliphatic heterocycles. The molecule has 0 fully saturated rings. The van der Waals surface area contributed by atoms with Crippen LogP contribution in [0.15, 0.2) is 28.8 Å². The minimum atomic E-state index is -0.328. The Hall–Kier alpha value is -2.34. The van der Waals surface area contributed by atoms with Gasteiger partial charge in [-0.25, -0.2) is 0 Å². The molecule has 0 bridgehead atoms. The number of ether oxygens (including phenoxy) is 1. The topological polar surface area (TPSA) is 90.4 Å². The molecule has 1 heterocycles. The molecule has 0 aliphatic rings. The fraction of sp³-hybridized carbons (Fsp3) is 0.500. The SMILES string of the molecule is CCC(N)(CC)CNC(=O)Cc1ccc(OCc2c(C)noc2C)cc1. The van der Waals surface area contributed by atoms with Gasteiger partial charge < -0.3 is 20.3 Å². The Kier molecular flexibility index (Phi) is 6.80. The van der Waals surface area contributed by atoms with E-state index in [1.165, 1.54) is 0 Å². The zero-order chi connectivity index (χ0) is 19.2. The van der Waals surface area contributed by atoms with Crippen LogP contribution < -0.4 is 15.8 Å². The molecule has 1 aromatic carbocycles. The highest BCUT2D eigenvalue weighted by molar-refractivity contribution is 5.78. The Morgan fingerprint density at radius 2 is 1.88 bits per heavy atom. The van der Waals surface area contributed by atoms with Crippen LogP contribution in [0.3, 0.4) is 0 Å². The molecule has 0 radical (unpaired) electrons. The summed E-state index contributed by atoms with van der Waals surface area (Å²) in [5, 5.41) is 6.85. The number of nitrogens with zero attached hydrogens (tertiary/aromatic N) is 1. The predicted molar refractivity (Wildman–Crippen MR) is 101 cm³/mol. The van der Waals surface area contributed by atoms with Gasteiger partial charge in [0.25, 0.3) is 0 Å². The third-order valence-electron chi connectivity index (χ3n) is 4.90. The van der Waals surface area contributed by atoms with Crippen molar-refractivity contribution in [3.05, 3.63) is 46.8 Å². The van der Waals surface area contributed by atoms with Crippen LogP contribution in [0.4, 0.5) is 0 Å². The number of benzene rings is 1. The van der Waals surface area contributed by atoms with Crippen molar-refractivity contribution in [3.63, 3.8) is 0 Å². The average molecular weight is 359 g/mol. The molecule has 6 nitrogen and oxygen atoms in total. The molecule has 3 N–H and O–H groups in total. The number of carbonyl (C=O) groups is 1. The van der Waals surface area contributed by atoms with E-state index >= 15 is 0 Å². The molecule has 6 heteroatoms. The van der Waals surface area contributed by atoms with E-state index in [0.717, 1.165) is 41.2 Å². The summed E-state index contributed by atoms with van der Waals surface area (Å²) in [5.74, 6) is 1.49. The number of hydrogen-bond acceptors (Lipinski definition) is 5. The lowest BCUT2D eigenvalue weighted by atomic mass is 9.94. The highest BCUT2D eigenvalue weighted by Crippen LogP contribution is 2.18. The Morgan fingerprint density at radius 1 is 1.23 bits per heavy atom. The quantitative estimate of drug-likeness (QED) is 0.718. The first-order chi connectivity index (χ1) is 12.4. The van der Waals surface area contributed by atoms with Crippen molar-refractivity contribution in [2.24, 2.45) is 5.73 Å². The van der Waals surface area contributed by atoms with Gasteiger partial charge in [-0.05, 0) is 44.4 Å². The first-order valence-electron chi connectivity index (χ1n) is 9.06. The van der Waals surface area contributed by atoms with Gasteiger partial charge in [-0.3, -0.25) is 4.79 Å². The second kappa shape index (κ2) is 8.85. The number of amides is 1. The van der Waals surface area contributed by atoms with E-state index in [2.05, 4.69) is 10.5 Å². The van der Waals surface area contributed by atoms with Crippen LogP contribution >= 0.6 is 0 Å². The summed E-state index contributed by atoms with van der Waals surface area (Å²) in [6.07, 6.45) is 2.00. The summed E-state index contributed by atoms with van der Waals surface area (Å²) in [6, 6.07) is 7.54. The molecule has 0 spiro atoms. The fourth-order valence-electron chi connectivity index (χ4n) is 2.59. The monoisotopic (exact) mass is 359 g/mol. The van der Waals surface area contributed by atoms with Crippen LogP contribution in [0.25, 0.3) is 0 Å². The third-order valence-corrected chi connectivity index (χ3v) is 4.90. The van der Waals surface area contributed by atoms with Crippen molar-refractivity contribution >= 4 is 5.91 Å². The zero-order valence-electron chi connectivity index (χ0n) is 16.1. The zero-order valence-corrected chi connectivity index (χ0v) is 16.1. The maximum Gasteiger partial charge on any atom is 0.224 e. The number of nitrogens with one attached hydrogen (secondary N) is 1. The van der Waals surface area contributed by atoms with Crippen LogP contribution in [0.1, 0.15) is 49.3 Å². The van der Waals surface area contributed by atoms with E-state index in [1.54, 1.807) is 0 Å². The summed E-state index contributed by atoms with van der Waals surface area (Å²) < 4.78 is 10.9. The van der Waals surface area contributed by atoms with Crippen molar-refractivity contribution in [1.29, 1.82) is 0 Å². The van der Waals surface area contributed by atoms with Gasteiger partial charge in [0.15, 0.2) is 0 Å². The first-order valence-corrected chi connectivity index (χ1v) is 9.06. The number of rotatable bonds is 9. The Morgan fingerprint density at radius 3 is 2.42 bits per heavy atom. The number of carbonyl (C=O) groups excluding carboxylic acids is 1. The van der Waals surface area contributed by atoms with E-state index in [-0.39, 0.29) is 11.4 Å². The van der Waals surface area contributed by atoms with Gasteiger partial charge >= 0.3 is 0 Å². The molecule has 0 saturated heterocycles. The van der Waals surface area contributed by atoms with Crippen LogP contribution in [0.2, 0.25) is 0 Å². The Balaban J connectivity index is 1.84. The molecule has 0 atom stereocenters. The standard InChI is InChI=1S/C20H29N3O3/c1-5-20(21,6-2)13-22-19(24)11-16-7-9-17(10-8-16)25-12-18-14(3)23-26-15(18)4/h7-10H,5-6,11-13,21H2,1-4H3,(H,22,24). The number of aryl methyl sites for hydroxylation is 2. The highest BCUT2D eigenvalue weighted by Gasteiger charge is 2.20. The fourth-order valence-corrected chi connectivity index (χ4v) is 2.59. The smallest absolute Gasteiger partial charge is 0.224 e. The van der Waals surface area contributed by atoms with Gasteiger partial charge in [0.05, 0.1) is 17.7 Å². The summed E-state index contributed by atoms with van der Waals surface area (Å²) in [5.41, 5.74) is 8.62. The van der Waals surface area contributed by atoms with E-state index in [0.29, 0.717) is 19.6 Å². The molecule has 2 rings (SSSR count). The molecular weight excluding hydrogens is 330 g/mol. The van der Waals surface area contributed by atoms with Crippen LogP contribution in [0, 0.1) is 13.8 Å². The van der Waals surface area contributed by atoms with Crippen molar-refractivity contribution in [2.45, 2.75) is 59.1 Å². The maximum atomic E-state index is 12.1. The predicted octanol–water partition coefficient (Wildman–Crippen LogP) is 3.05. The Bertz CT molecular complexity index is 699. The molecule has 0 unspecified atom stereocenters. The third kappa shape index (κ3) is 5.33. The van der Waals surface area contributed by atoms with Crippen molar-refractivity contribution in [3.8, 4) is 5.75 Å². The molecule has 1 aromatic heterocycles. The molecule has 142 valence electrons. The van der Waals surface area contributed by atoms with Gasteiger partial charge in [-0.1, -0.05) is 31.1 Å². The largest absolute Gasteiger partial charge is 0.489 e. The second-order valence-electron chi connectivity index (χ2n) is 6.76. The van der Waals surface area contributed by atoms with E-state index < -0.39 is 0 Å². The maximum absolute atomic E-state index is 12.1. The van der Waals surface area contributed by atoms with Crippen molar-refractivity contribution in [2.75, 3.05) is 6.54 Å². The van der Waals surface area contributed by atoms with Gasteiger partial charge in [0, 0.05) is 12.1 Å². The van der Waals surface area contributed by atoms with Gasteiger partial charge in [-0.2, -0.15) is 0 Å². The number of hydrogen-bond donors (Lipinski definition) is 2. The molecular formula is C20H29N3O3. The van der Waals surface area contributed by atoms with Crippen molar-refractivity contribution in [1.82, 2.24) is 10.5 Å². The highest BCUT2D eigenvalue weighted by atomic mass is 16.5. The first kappa shape index (κ1) is 20.0. The van der Waals surface area contributed by atoms with Crippen LogP contribution in [-0.2, 0) is 17.8 Å². The molecule has 1 amide bonds. The molecule has 26 heavy (non-hydrogen) atoms. The summed E-state index contributed by atoms with van der Waals surface area (Å²) in [6.45, 7) is 8.75. The van der Waals surface area contributed by atoms with Crippen LogP contribution in [0.5, 0.6) is 5.75 Å². The van der Waals surface area contributed by atoms with Gasteiger partial charge in [0.1, 0.15) is 18.1 Å². The molecule has 0 aliphatic carbocycles. The Labute approximate surface area is 155 Å². The minimum absolute atomic E-state index is 0.0221. The summed E-state index contributed by atoms with van der Waals surface area (Å²) in [7, 11) is 0. The minimum Gasteiger partial charge on any atom is -0.489 e. The second-order valence-corrected chi connectivity index (χ2v) is 6.76. The van der Waals surface area contributed by atoms with Gasteiger partial charge in [-0.15, -0.1) is 0 Å². The van der Waals surface area contributed by atoms with Crippen molar-refractivity contribution < 1.29 is 14.1 Å². The van der Waals surface area contributed by atoms with Crippen LogP contribution in [-0.4, -0.2) is 23.1 Å². The number of nitrogens with two attached hydrogens (primary N) is 1. The normalized spacial score (nSPS) is 11.4. The lowest BCUT2D eigenvalue weighted by Gasteiger charge is -2.26. The molecule has 0 saturated carbocycles. The lowest BCUT2D eigenvalue weighted by molar-refractivity contribution is -0.120. The number of aromatic nitrogens is 1.